The number of likely N-dealkylation sites (tertiary alicyclic amines) is 1. The second kappa shape index (κ2) is 12.2. The Morgan fingerprint density at radius 3 is 2.53 bits per heavy atom. The highest BCUT2D eigenvalue weighted by atomic mass is 16.6. The third kappa shape index (κ3) is 5.72. The van der Waals surface area contributed by atoms with Crippen LogP contribution in [-0.4, -0.2) is 80.7 Å². The molecule has 2 aliphatic heterocycles. The van der Waals surface area contributed by atoms with Gasteiger partial charge in [0.15, 0.2) is 23.0 Å². The van der Waals surface area contributed by atoms with E-state index in [-0.39, 0.29) is 11.3 Å². The Morgan fingerprint density at radius 2 is 1.82 bits per heavy atom. The van der Waals surface area contributed by atoms with Crippen molar-refractivity contribution in [3.05, 3.63) is 53.1 Å². The van der Waals surface area contributed by atoms with Gasteiger partial charge < -0.3 is 33.9 Å². The average molecular weight is 525 g/mol. The predicted octanol–water partition coefficient (Wildman–Crippen LogP) is 4.02. The van der Waals surface area contributed by atoms with Crippen molar-refractivity contribution >= 4 is 17.4 Å². The number of aliphatic hydroxyl groups excluding tert-OH is 1. The Balaban J connectivity index is 1.76. The molecule has 9 nitrogen and oxygen atoms in total. The van der Waals surface area contributed by atoms with Gasteiger partial charge in [0.2, 0.25) is 0 Å². The van der Waals surface area contributed by atoms with Gasteiger partial charge in [-0.15, -0.1) is 0 Å². The van der Waals surface area contributed by atoms with Crippen LogP contribution < -0.4 is 18.9 Å². The molecule has 2 aromatic carbocycles. The number of rotatable bonds is 11. The molecule has 0 bridgehead atoms. The number of nitrogens with zero attached hydrogens (tertiary/aromatic N) is 2. The summed E-state index contributed by atoms with van der Waals surface area (Å²) in [6.07, 6.45) is 3.09. The molecule has 0 spiro atoms. The fraction of sp³-hybridized carbons (Fsp3) is 0.448. The number of carbonyl (C=O) groups is 2. The van der Waals surface area contributed by atoms with Crippen LogP contribution in [0.4, 0.5) is 0 Å². The fourth-order valence-electron chi connectivity index (χ4n) is 4.62. The van der Waals surface area contributed by atoms with Crippen LogP contribution in [0.2, 0.25) is 0 Å². The smallest absolute Gasteiger partial charge is 0.295 e. The summed E-state index contributed by atoms with van der Waals surface area (Å²) in [5, 5.41) is 11.4. The molecule has 1 N–H and O–H groups in total. The normalized spacial score (nSPS) is 18.2. The summed E-state index contributed by atoms with van der Waals surface area (Å²) in [5.74, 6) is 0.465. The van der Waals surface area contributed by atoms with Crippen molar-refractivity contribution in [2.45, 2.75) is 32.2 Å². The Hall–Kier alpha value is -3.72. The maximum Gasteiger partial charge on any atom is 0.295 e. The summed E-state index contributed by atoms with van der Waals surface area (Å²) in [6, 6.07) is 9.54. The van der Waals surface area contributed by atoms with Crippen LogP contribution in [0.15, 0.2) is 42.0 Å². The second-order valence-corrected chi connectivity index (χ2v) is 9.62. The van der Waals surface area contributed by atoms with Gasteiger partial charge >= 0.3 is 0 Å². The van der Waals surface area contributed by atoms with Crippen LogP contribution in [0.1, 0.15) is 43.4 Å². The Kier molecular flexibility index (Phi) is 8.78. The number of benzene rings is 2. The Labute approximate surface area is 223 Å². The highest BCUT2D eigenvalue weighted by Crippen LogP contribution is 2.43. The lowest BCUT2D eigenvalue weighted by molar-refractivity contribution is -0.140. The van der Waals surface area contributed by atoms with E-state index in [1.54, 1.807) is 37.4 Å². The number of ketones is 1. The molecule has 1 amide bonds. The van der Waals surface area contributed by atoms with Gasteiger partial charge in [-0.05, 0) is 56.4 Å². The molecule has 1 atom stereocenters. The average Bonchev–Trinajstić information content (AvgIpc) is 3.18. The van der Waals surface area contributed by atoms with E-state index in [1.165, 1.54) is 4.90 Å². The number of carbonyl (C=O) groups excluding carboxylic acids is 2. The number of unbranched alkanes of at least 4 members (excludes halogenated alkanes) is 2. The zero-order chi connectivity index (χ0) is 27.2. The first kappa shape index (κ1) is 27.3. The van der Waals surface area contributed by atoms with Crippen LogP contribution in [0, 0.1) is 0 Å². The standard InChI is InChI=1S/C29H36N2O7/c1-5-6-7-14-36-21-10-8-19(17-23(21)35-4)26-25(28(33)29(34)31(26)13-12-30(2)3)27(32)20-9-11-22-24(18-20)38-16-15-37-22/h8-11,17-18,26,32H,5-7,12-16H2,1-4H3. The number of methoxy groups -OCH3 is 1. The third-order valence-corrected chi connectivity index (χ3v) is 6.65. The topological polar surface area (TPSA) is 97.8 Å². The maximum absolute atomic E-state index is 13.3. The van der Waals surface area contributed by atoms with E-state index < -0.39 is 17.7 Å². The number of ether oxygens (including phenoxy) is 4. The molecule has 1 saturated heterocycles. The predicted molar refractivity (Wildman–Crippen MR) is 143 cm³/mol. The van der Waals surface area contributed by atoms with Gasteiger partial charge in [0.25, 0.3) is 11.7 Å². The number of fused-ring (bicyclic) bond motifs is 1. The molecule has 2 aromatic rings. The van der Waals surface area contributed by atoms with E-state index in [2.05, 4.69) is 6.92 Å². The minimum absolute atomic E-state index is 0.0177. The van der Waals surface area contributed by atoms with Crippen LogP contribution in [0.5, 0.6) is 23.0 Å². The van der Waals surface area contributed by atoms with Gasteiger partial charge in [-0.1, -0.05) is 25.8 Å². The maximum atomic E-state index is 13.3. The first-order valence-electron chi connectivity index (χ1n) is 13.0. The van der Waals surface area contributed by atoms with Crippen molar-refractivity contribution in [1.29, 1.82) is 0 Å². The minimum atomic E-state index is -0.800. The molecule has 0 radical (unpaired) electrons. The van der Waals surface area contributed by atoms with Crippen LogP contribution >= 0.6 is 0 Å². The molecule has 2 heterocycles. The molecule has 9 heteroatoms. The van der Waals surface area contributed by atoms with Crippen molar-refractivity contribution in [2.24, 2.45) is 0 Å². The van der Waals surface area contributed by atoms with Gasteiger partial charge in [-0.2, -0.15) is 0 Å². The first-order valence-corrected chi connectivity index (χ1v) is 13.0. The molecule has 204 valence electrons. The first-order chi connectivity index (χ1) is 18.3. The molecule has 0 saturated carbocycles. The summed E-state index contributed by atoms with van der Waals surface area (Å²) in [5.41, 5.74) is 1.02. The monoisotopic (exact) mass is 524 g/mol. The highest BCUT2D eigenvalue weighted by Gasteiger charge is 2.46. The third-order valence-electron chi connectivity index (χ3n) is 6.65. The molecule has 38 heavy (non-hydrogen) atoms. The summed E-state index contributed by atoms with van der Waals surface area (Å²) in [4.78, 5) is 30.0. The summed E-state index contributed by atoms with van der Waals surface area (Å²) in [6.45, 7) is 4.37. The van der Waals surface area contributed by atoms with Crippen LogP contribution in [0.25, 0.3) is 5.76 Å². The minimum Gasteiger partial charge on any atom is -0.507 e. The lowest BCUT2D eigenvalue weighted by Gasteiger charge is -2.27. The number of hydrogen-bond acceptors (Lipinski definition) is 8. The van der Waals surface area contributed by atoms with E-state index in [9.17, 15) is 14.7 Å². The highest BCUT2D eigenvalue weighted by molar-refractivity contribution is 6.46. The Morgan fingerprint density at radius 1 is 1.05 bits per heavy atom. The number of aliphatic hydroxyl groups is 1. The molecular weight excluding hydrogens is 488 g/mol. The van der Waals surface area contributed by atoms with E-state index in [4.69, 9.17) is 18.9 Å². The van der Waals surface area contributed by atoms with Crippen molar-refractivity contribution in [3.63, 3.8) is 0 Å². The Bertz CT molecular complexity index is 1210. The van der Waals surface area contributed by atoms with Crippen molar-refractivity contribution < 1.29 is 33.6 Å². The van der Waals surface area contributed by atoms with E-state index in [0.717, 1.165) is 19.3 Å². The molecule has 1 unspecified atom stereocenters. The molecule has 2 aliphatic rings. The van der Waals surface area contributed by atoms with Crippen molar-refractivity contribution in [1.82, 2.24) is 9.80 Å². The molecular formula is C29H36N2O7. The molecule has 1 fully saturated rings. The number of likely N-dealkylation sites (N-methyl/N-ethyl adjacent to an activating group) is 1. The quantitative estimate of drug-likeness (QED) is 0.204. The van der Waals surface area contributed by atoms with Gasteiger partial charge in [-0.3, -0.25) is 9.59 Å². The molecule has 0 aromatic heterocycles. The summed E-state index contributed by atoms with van der Waals surface area (Å²) < 4.78 is 22.8. The van der Waals surface area contributed by atoms with Gasteiger partial charge in [0.05, 0.1) is 25.3 Å². The van der Waals surface area contributed by atoms with Gasteiger partial charge in [0, 0.05) is 18.7 Å². The van der Waals surface area contributed by atoms with E-state index in [0.29, 0.717) is 67.0 Å². The van der Waals surface area contributed by atoms with E-state index >= 15 is 0 Å². The number of amides is 1. The molecule has 0 aliphatic carbocycles. The van der Waals surface area contributed by atoms with Crippen LogP contribution in [0.3, 0.4) is 0 Å². The fourth-order valence-corrected chi connectivity index (χ4v) is 4.62. The summed E-state index contributed by atoms with van der Waals surface area (Å²) >= 11 is 0. The number of hydrogen-bond donors (Lipinski definition) is 1. The summed E-state index contributed by atoms with van der Waals surface area (Å²) in [7, 11) is 5.35. The zero-order valence-electron chi connectivity index (χ0n) is 22.5. The van der Waals surface area contributed by atoms with E-state index in [1.807, 2.05) is 25.1 Å². The number of Topliss-reactive ketones (excluding diaryl/α,β-unsaturated/α-hetero) is 1. The zero-order valence-corrected chi connectivity index (χ0v) is 22.5. The van der Waals surface area contributed by atoms with Crippen LogP contribution in [-0.2, 0) is 9.59 Å². The van der Waals surface area contributed by atoms with Crippen molar-refractivity contribution in [3.8, 4) is 23.0 Å². The lowest BCUT2D eigenvalue weighted by atomic mass is 9.94. The second-order valence-electron chi connectivity index (χ2n) is 9.62. The largest absolute Gasteiger partial charge is 0.507 e. The van der Waals surface area contributed by atoms with Gasteiger partial charge in [-0.25, -0.2) is 0 Å². The lowest BCUT2D eigenvalue weighted by Crippen LogP contribution is -2.35. The van der Waals surface area contributed by atoms with Gasteiger partial charge in [0.1, 0.15) is 19.0 Å². The SMILES string of the molecule is CCCCCOc1ccc(C2C(=C(O)c3ccc4c(c3)OCCO4)C(=O)C(=O)N2CCN(C)C)cc1OC. The van der Waals surface area contributed by atoms with Crippen molar-refractivity contribution in [2.75, 3.05) is 54.1 Å². The molecule has 4 rings (SSSR count).